The van der Waals surface area contributed by atoms with E-state index in [0.29, 0.717) is 11.4 Å². The van der Waals surface area contributed by atoms with Gasteiger partial charge in [0.15, 0.2) is 11.6 Å². The Hall–Kier alpha value is -2.87. The van der Waals surface area contributed by atoms with Crippen LogP contribution >= 0.6 is 0 Å². The lowest BCUT2D eigenvalue weighted by Gasteiger charge is -2.07. The second kappa shape index (κ2) is 7.03. The van der Waals surface area contributed by atoms with Crippen molar-refractivity contribution in [3.05, 3.63) is 65.8 Å². The number of para-hydroxylation sites is 1. The molecule has 0 bridgehead atoms. The van der Waals surface area contributed by atoms with Gasteiger partial charge < -0.3 is 9.26 Å². The highest BCUT2D eigenvalue weighted by Crippen LogP contribution is 2.33. The summed E-state index contributed by atoms with van der Waals surface area (Å²) in [5, 5.41) is 6.54. The average Bonchev–Trinajstić information content (AvgIpc) is 3.28. The molecule has 8 heteroatoms. The summed E-state index contributed by atoms with van der Waals surface area (Å²) >= 11 is 0. The summed E-state index contributed by atoms with van der Waals surface area (Å²) in [6.07, 6.45) is -0.360. The highest BCUT2D eigenvalue weighted by atomic mass is 19.3. The molecule has 1 aliphatic rings. The first-order valence-corrected chi connectivity index (χ1v) is 8.42. The van der Waals surface area contributed by atoms with Crippen molar-refractivity contribution in [2.24, 2.45) is 0 Å². The number of benzene rings is 2. The van der Waals surface area contributed by atoms with Gasteiger partial charge in [-0.2, -0.15) is 4.98 Å². The molecule has 1 N–H and O–H groups in total. The number of aromatic nitrogens is 2. The Morgan fingerprint density at radius 3 is 2.63 bits per heavy atom. The van der Waals surface area contributed by atoms with Crippen LogP contribution in [0.3, 0.4) is 0 Å². The zero-order valence-corrected chi connectivity index (χ0v) is 14.2. The van der Waals surface area contributed by atoms with Crippen LogP contribution in [0, 0.1) is 5.82 Å². The zero-order valence-electron chi connectivity index (χ0n) is 14.2. The van der Waals surface area contributed by atoms with Crippen LogP contribution in [-0.2, 0) is 6.61 Å². The molecule has 5 nitrogen and oxygen atoms in total. The number of hydrogen-bond acceptors (Lipinski definition) is 5. The number of halogens is 3. The molecule has 4 rings (SSSR count). The van der Waals surface area contributed by atoms with Gasteiger partial charge >= 0.3 is 0 Å². The molecule has 0 aliphatic carbocycles. The zero-order chi connectivity index (χ0) is 18.9. The van der Waals surface area contributed by atoms with Gasteiger partial charge in [0.25, 0.3) is 5.92 Å². The maximum atomic E-state index is 13.6. The molecule has 2 heterocycles. The molecule has 1 atom stereocenters. The molecule has 1 fully saturated rings. The monoisotopic (exact) mass is 375 g/mol. The van der Waals surface area contributed by atoms with Gasteiger partial charge in [0.2, 0.25) is 11.7 Å². The van der Waals surface area contributed by atoms with E-state index in [0.717, 1.165) is 5.56 Å². The maximum Gasteiger partial charge on any atom is 0.262 e. The number of nitrogens with zero attached hydrogens (tertiary/aromatic N) is 2. The van der Waals surface area contributed by atoms with Crippen molar-refractivity contribution in [2.75, 3.05) is 6.54 Å². The van der Waals surface area contributed by atoms with E-state index in [9.17, 15) is 13.2 Å². The van der Waals surface area contributed by atoms with E-state index in [1.165, 1.54) is 6.07 Å². The van der Waals surface area contributed by atoms with Crippen LogP contribution in [0.1, 0.15) is 23.9 Å². The lowest BCUT2D eigenvalue weighted by molar-refractivity contribution is 0.0200. The van der Waals surface area contributed by atoms with Gasteiger partial charge in [0.1, 0.15) is 6.61 Å². The van der Waals surface area contributed by atoms with Crippen molar-refractivity contribution < 1.29 is 22.4 Å². The molecule has 1 unspecified atom stereocenters. The lowest BCUT2D eigenvalue weighted by Crippen LogP contribution is -2.19. The normalized spacial score (nSPS) is 18.6. The van der Waals surface area contributed by atoms with Crippen molar-refractivity contribution in [1.29, 1.82) is 0 Å². The predicted octanol–water partition coefficient (Wildman–Crippen LogP) is 4.12. The molecule has 140 valence electrons. The molecule has 1 aliphatic heterocycles. The van der Waals surface area contributed by atoms with Crippen LogP contribution in [0.15, 0.2) is 53.1 Å². The minimum absolute atomic E-state index is 0.147. The molecule has 1 saturated heterocycles. The Labute approximate surface area is 153 Å². The number of ether oxygens (including phenoxy) is 1. The SMILES string of the molecule is Fc1ccccc1OCc1ccc(-c2noc(C3CC(F)(F)CN3)n2)cc1. The molecule has 1 aromatic heterocycles. The Morgan fingerprint density at radius 1 is 1.15 bits per heavy atom. The highest BCUT2D eigenvalue weighted by Gasteiger charge is 2.42. The van der Waals surface area contributed by atoms with E-state index in [4.69, 9.17) is 9.26 Å². The van der Waals surface area contributed by atoms with E-state index >= 15 is 0 Å². The summed E-state index contributed by atoms with van der Waals surface area (Å²) in [7, 11) is 0. The number of nitrogens with one attached hydrogen (secondary N) is 1. The summed E-state index contributed by atoms with van der Waals surface area (Å²) in [6, 6.07) is 12.7. The third kappa shape index (κ3) is 3.95. The average molecular weight is 375 g/mol. The number of rotatable bonds is 5. The van der Waals surface area contributed by atoms with Crippen LogP contribution in [0.25, 0.3) is 11.4 Å². The fourth-order valence-corrected chi connectivity index (χ4v) is 2.86. The third-order valence-electron chi connectivity index (χ3n) is 4.29. The highest BCUT2D eigenvalue weighted by molar-refractivity contribution is 5.54. The van der Waals surface area contributed by atoms with E-state index < -0.39 is 24.3 Å². The summed E-state index contributed by atoms with van der Waals surface area (Å²) in [5.74, 6) is -2.53. The van der Waals surface area contributed by atoms with Gasteiger partial charge in [-0.1, -0.05) is 41.6 Å². The van der Waals surface area contributed by atoms with Crippen LogP contribution < -0.4 is 10.1 Å². The fourth-order valence-electron chi connectivity index (χ4n) is 2.86. The first-order chi connectivity index (χ1) is 13.0. The summed E-state index contributed by atoms with van der Waals surface area (Å²) in [6.45, 7) is -0.189. The van der Waals surface area contributed by atoms with Crippen LogP contribution in [0.4, 0.5) is 13.2 Å². The Bertz CT molecular complexity index is 928. The first-order valence-electron chi connectivity index (χ1n) is 8.42. The topological polar surface area (TPSA) is 60.2 Å². The van der Waals surface area contributed by atoms with E-state index in [2.05, 4.69) is 15.5 Å². The summed E-state index contributed by atoms with van der Waals surface area (Å²) in [5.41, 5.74) is 1.52. The van der Waals surface area contributed by atoms with Gasteiger partial charge in [-0.05, 0) is 17.7 Å². The largest absolute Gasteiger partial charge is 0.486 e. The van der Waals surface area contributed by atoms with Gasteiger partial charge in [-0.3, -0.25) is 5.32 Å². The quantitative estimate of drug-likeness (QED) is 0.727. The Kier molecular flexibility index (Phi) is 4.57. The van der Waals surface area contributed by atoms with Crippen LogP contribution in [-0.4, -0.2) is 22.6 Å². The molecule has 0 amide bonds. The summed E-state index contributed by atoms with van der Waals surface area (Å²) < 4.78 is 50.7. The second-order valence-corrected chi connectivity index (χ2v) is 6.37. The predicted molar refractivity (Wildman–Crippen MR) is 90.8 cm³/mol. The van der Waals surface area contributed by atoms with Crippen molar-refractivity contribution >= 4 is 0 Å². The minimum atomic E-state index is -2.76. The van der Waals surface area contributed by atoms with Gasteiger partial charge in [-0.25, -0.2) is 13.2 Å². The third-order valence-corrected chi connectivity index (χ3v) is 4.29. The molecular formula is C19H16F3N3O2. The van der Waals surface area contributed by atoms with E-state index in [-0.39, 0.29) is 24.7 Å². The lowest BCUT2D eigenvalue weighted by atomic mass is 10.1. The molecule has 0 spiro atoms. The number of alkyl halides is 2. The minimum Gasteiger partial charge on any atom is -0.486 e. The molecular weight excluding hydrogens is 359 g/mol. The van der Waals surface area contributed by atoms with Crippen molar-refractivity contribution in [1.82, 2.24) is 15.5 Å². The van der Waals surface area contributed by atoms with Gasteiger partial charge in [0, 0.05) is 12.0 Å². The molecule has 27 heavy (non-hydrogen) atoms. The van der Waals surface area contributed by atoms with Crippen LogP contribution in [0.2, 0.25) is 0 Å². The molecule has 2 aromatic carbocycles. The van der Waals surface area contributed by atoms with Crippen molar-refractivity contribution in [3.63, 3.8) is 0 Å². The van der Waals surface area contributed by atoms with Gasteiger partial charge in [0.05, 0.1) is 12.6 Å². The smallest absolute Gasteiger partial charge is 0.262 e. The Balaban J connectivity index is 1.41. The standard InChI is InChI=1S/C19H16F3N3O2/c20-14-3-1-2-4-16(14)26-10-12-5-7-13(8-6-12)17-24-18(27-25-17)15-9-19(21,22)11-23-15/h1-8,15,23H,9-11H2. The number of hydrogen-bond donors (Lipinski definition) is 1. The molecule has 3 aromatic rings. The van der Waals surface area contributed by atoms with Crippen LogP contribution in [0.5, 0.6) is 5.75 Å². The van der Waals surface area contributed by atoms with E-state index in [1.807, 2.05) is 0 Å². The fraction of sp³-hybridized carbons (Fsp3) is 0.263. The van der Waals surface area contributed by atoms with E-state index in [1.54, 1.807) is 42.5 Å². The van der Waals surface area contributed by atoms with Gasteiger partial charge in [-0.15, -0.1) is 0 Å². The maximum absolute atomic E-state index is 13.6. The Morgan fingerprint density at radius 2 is 1.93 bits per heavy atom. The molecule has 0 saturated carbocycles. The van der Waals surface area contributed by atoms with Crippen molar-refractivity contribution in [3.8, 4) is 17.1 Å². The summed E-state index contributed by atoms with van der Waals surface area (Å²) in [4.78, 5) is 4.21. The molecule has 0 radical (unpaired) electrons. The first kappa shape index (κ1) is 17.5. The second-order valence-electron chi connectivity index (χ2n) is 6.37. The van der Waals surface area contributed by atoms with Crippen molar-refractivity contribution in [2.45, 2.75) is 25.0 Å².